The lowest BCUT2D eigenvalue weighted by molar-refractivity contribution is 0.0514. The Morgan fingerprint density at radius 3 is 2.77 bits per heavy atom. The van der Waals surface area contributed by atoms with Gasteiger partial charge in [0.25, 0.3) is 5.56 Å². The normalized spacial score (nSPS) is 12.8. The van der Waals surface area contributed by atoms with Crippen LogP contribution in [0.2, 0.25) is 0 Å². The maximum atomic E-state index is 12.7. The number of benzene rings is 1. The first-order valence-corrected chi connectivity index (χ1v) is 8.87. The molecular formula is C21H20N2O3. The predicted octanol–water partition coefficient (Wildman–Crippen LogP) is 3.63. The van der Waals surface area contributed by atoms with Crippen LogP contribution in [0.1, 0.15) is 29.4 Å². The quantitative estimate of drug-likeness (QED) is 0.735. The van der Waals surface area contributed by atoms with Gasteiger partial charge in [0.15, 0.2) is 0 Å². The van der Waals surface area contributed by atoms with E-state index in [1.165, 1.54) is 0 Å². The molecule has 5 heteroatoms. The largest absolute Gasteiger partial charge is 0.461 e. The molecule has 3 heterocycles. The summed E-state index contributed by atoms with van der Waals surface area (Å²) in [5.41, 5.74) is 4.74. The summed E-state index contributed by atoms with van der Waals surface area (Å²) in [5.74, 6) is -0.328. The van der Waals surface area contributed by atoms with Crippen LogP contribution in [0.5, 0.6) is 0 Å². The van der Waals surface area contributed by atoms with Gasteiger partial charge in [-0.1, -0.05) is 30.3 Å². The number of aromatic nitrogens is 2. The van der Waals surface area contributed by atoms with Gasteiger partial charge in [-0.2, -0.15) is 0 Å². The third-order valence-corrected chi connectivity index (χ3v) is 4.76. The van der Waals surface area contributed by atoms with Crippen molar-refractivity contribution in [2.24, 2.45) is 0 Å². The van der Waals surface area contributed by atoms with Crippen molar-refractivity contribution in [2.45, 2.75) is 26.3 Å². The van der Waals surface area contributed by atoms with Gasteiger partial charge in [-0.15, -0.1) is 0 Å². The van der Waals surface area contributed by atoms with Gasteiger partial charge in [-0.3, -0.25) is 4.79 Å². The van der Waals surface area contributed by atoms with Crippen LogP contribution in [-0.4, -0.2) is 22.1 Å². The molecule has 1 aliphatic heterocycles. The highest BCUT2D eigenvalue weighted by molar-refractivity contribution is 5.89. The second kappa shape index (κ2) is 6.67. The van der Waals surface area contributed by atoms with Crippen LogP contribution < -0.4 is 5.56 Å². The van der Waals surface area contributed by atoms with Crippen molar-refractivity contribution in [2.75, 3.05) is 6.61 Å². The van der Waals surface area contributed by atoms with Crippen LogP contribution in [0.3, 0.4) is 0 Å². The molecule has 0 aliphatic carbocycles. The van der Waals surface area contributed by atoms with Gasteiger partial charge in [0.2, 0.25) is 0 Å². The molecule has 3 aromatic rings. The van der Waals surface area contributed by atoms with Crippen molar-refractivity contribution >= 4 is 5.97 Å². The summed E-state index contributed by atoms with van der Waals surface area (Å²) in [6, 6.07) is 15.3. The Morgan fingerprint density at radius 2 is 2.00 bits per heavy atom. The van der Waals surface area contributed by atoms with E-state index in [0.717, 1.165) is 35.4 Å². The van der Waals surface area contributed by atoms with E-state index in [1.807, 2.05) is 47.0 Å². The lowest BCUT2D eigenvalue weighted by atomic mass is 10.0. The molecule has 0 saturated heterocycles. The molecular weight excluding hydrogens is 328 g/mol. The summed E-state index contributed by atoms with van der Waals surface area (Å²) in [5, 5.41) is 0. The maximum Gasteiger partial charge on any atom is 0.354 e. The summed E-state index contributed by atoms with van der Waals surface area (Å²) >= 11 is 0. The zero-order chi connectivity index (χ0) is 18.1. The van der Waals surface area contributed by atoms with Crippen LogP contribution in [0.15, 0.2) is 53.3 Å². The molecule has 0 bridgehead atoms. The Bertz CT molecular complexity index is 1020. The Kier molecular flexibility index (Phi) is 4.21. The van der Waals surface area contributed by atoms with Gasteiger partial charge >= 0.3 is 5.97 Å². The van der Waals surface area contributed by atoms with Crippen molar-refractivity contribution in [1.82, 2.24) is 9.55 Å². The number of nitrogens with zero attached hydrogens (tertiary/aromatic N) is 1. The Morgan fingerprint density at radius 1 is 1.19 bits per heavy atom. The topological polar surface area (TPSA) is 64.1 Å². The van der Waals surface area contributed by atoms with E-state index < -0.39 is 0 Å². The minimum Gasteiger partial charge on any atom is -0.461 e. The van der Waals surface area contributed by atoms with E-state index in [2.05, 4.69) is 4.98 Å². The first kappa shape index (κ1) is 16.4. The number of carbonyl (C=O) groups is 1. The fourth-order valence-corrected chi connectivity index (χ4v) is 3.57. The molecule has 26 heavy (non-hydrogen) atoms. The monoisotopic (exact) mass is 348 g/mol. The first-order chi connectivity index (χ1) is 12.7. The SMILES string of the molecule is CCOC(=O)c1ccc2n1CCCc1cc(-c3ccccc3)c(=O)[nH]c1-2. The number of nitrogens with one attached hydrogen (secondary N) is 1. The van der Waals surface area contributed by atoms with Crippen molar-refractivity contribution < 1.29 is 9.53 Å². The summed E-state index contributed by atoms with van der Waals surface area (Å²) in [6.45, 7) is 2.85. The minimum absolute atomic E-state index is 0.123. The average Bonchev–Trinajstić information content (AvgIpc) is 2.99. The van der Waals surface area contributed by atoms with Crippen LogP contribution in [-0.2, 0) is 17.7 Å². The molecule has 132 valence electrons. The summed E-state index contributed by atoms with van der Waals surface area (Å²) < 4.78 is 7.10. The molecule has 0 atom stereocenters. The molecule has 0 spiro atoms. The van der Waals surface area contributed by atoms with Crippen molar-refractivity contribution in [3.8, 4) is 22.5 Å². The molecule has 0 saturated carbocycles. The zero-order valence-electron chi connectivity index (χ0n) is 14.6. The molecule has 0 radical (unpaired) electrons. The molecule has 5 nitrogen and oxygen atoms in total. The smallest absolute Gasteiger partial charge is 0.354 e. The van der Waals surface area contributed by atoms with Gasteiger partial charge < -0.3 is 14.3 Å². The molecule has 4 rings (SSSR count). The number of ether oxygens (including phenoxy) is 1. The lowest BCUT2D eigenvalue weighted by Gasteiger charge is -2.11. The van der Waals surface area contributed by atoms with E-state index in [0.29, 0.717) is 24.4 Å². The first-order valence-electron chi connectivity index (χ1n) is 8.87. The van der Waals surface area contributed by atoms with Crippen LogP contribution in [0.4, 0.5) is 0 Å². The van der Waals surface area contributed by atoms with Gasteiger partial charge in [0, 0.05) is 12.1 Å². The average molecular weight is 348 g/mol. The van der Waals surface area contributed by atoms with E-state index in [1.54, 1.807) is 13.0 Å². The molecule has 0 fully saturated rings. The number of carbonyl (C=O) groups excluding carboxylic acids is 1. The second-order valence-electron chi connectivity index (χ2n) is 6.36. The van der Waals surface area contributed by atoms with E-state index in [4.69, 9.17) is 4.74 Å². The minimum atomic E-state index is -0.328. The number of H-pyrrole nitrogens is 1. The van der Waals surface area contributed by atoms with E-state index >= 15 is 0 Å². The van der Waals surface area contributed by atoms with Crippen molar-refractivity contribution in [3.05, 3.63) is 70.1 Å². The Hall–Kier alpha value is -3.08. The standard InChI is InChI=1S/C21H20N2O3/c1-2-26-21(25)18-11-10-17-19-15(9-6-12-23(17)18)13-16(20(24)22-19)14-7-4-3-5-8-14/h3-5,7-8,10-11,13H,2,6,9,12H2,1H3,(H,22,24). The molecule has 0 unspecified atom stereocenters. The molecule has 1 aromatic carbocycles. The fourth-order valence-electron chi connectivity index (χ4n) is 3.57. The van der Waals surface area contributed by atoms with Gasteiger partial charge in [-0.25, -0.2) is 4.79 Å². The Balaban J connectivity index is 1.84. The number of fused-ring (bicyclic) bond motifs is 3. The van der Waals surface area contributed by atoms with Crippen LogP contribution in [0.25, 0.3) is 22.5 Å². The zero-order valence-corrected chi connectivity index (χ0v) is 14.6. The molecule has 0 amide bonds. The van der Waals surface area contributed by atoms with Crippen molar-refractivity contribution in [1.29, 1.82) is 0 Å². The number of pyridine rings is 1. The highest BCUT2D eigenvalue weighted by Crippen LogP contribution is 2.30. The predicted molar refractivity (Wildman–Crippen MR) is 100 cm³/mol. The van der Waals surface area contributed by atoms with Crippen molar-refractivity contribution in [3.63, 3.8) is 0 Å². The van der Waals surface area contributed by atoms with E-state index in [9.17, 15) is 9.59 Å². The van der Waals surface area contributed by atoms with Crippen LogP contribution in [0, 0.1) is 0 Å². The summed E-state index contributed by atoms with van der Waals surface area (Å²) in [4.78, 5) is 27.9. The number of aromatic amines is 1. The third-order valence-electron chi connectivity index (χ3n) is 4.76. The number of esters is 1. The maximum absolute atomic E-state index is 12.7. The van der Waals surface area contributed by atoms with E-state index in [-0.39, 0.29) is 11.5 Å². The second-order valence-corrected chi connectivity index (χ2v) is 6.36. The number of hydrogen-bond donors (Lipinski definition) is 1. The molecule has 1 N–H and O–H groups in total. The third kappa shape index (κ3) is 2.75. The Labute approximate surface area is 151 Å². The number of rotatable bonds is 3. The fraction of sp³-hybridized carbons (Fsp3) is 0.238. The van der Waals surface area contributed by atoms with Gasteiger partial charge in [0.1, 0.15) is 5.69 Å². The lowest BCUT2D eigenvalue weighted by Crippen LogP contribution is -2.14. The van der Waals surface area contributed by atoms with Gasteiger partial charge in [0.05, 0.1) is 18.0 Å². The van der Waals surface area contributed by atoms with Gasteiger partial charge in [-0.05, 0) is 49.1 Å². The molecule has 2 aromatic heterocycles. The van der Waals surface area contributed by atoms with Crippen LogP contribution >= 0.6 is 0 Å². The summed E-state index contributed by atoms with van der Waals surface area (Å²) in [6.07, 6.45) is 1.73. The molecule has 1 aliphatic rings. The number of aryl methyl sites for hydroxylation is 1. The number of hydrogen-bond acceptors (Lipinski definition) is 3. The highest BCUT2D eigenvalue weighted by atomic mass is 16.5. The highest BCUT2D eigenvalue weighted by Gasteiger charge is 2.22. The summed E-state index contributed by atoms with van der Waals surface area (Å²) in [7, 11) is 0.